The molecule has 3 fully saturated rings. The van der Waals surface area contributed by atoms with E-state index in [9.17, 15) is 19.5 Å². The zero-order chi connectivity index (χ0) is 28.5. The fraction of sp³-hybridized carbons (Fsp3) is 0.567. The number of likely N-dealkylation sites (tertiary alicyclic amines) is 1. The first kappa shape index (κ1) is 29.3. The fourth-order valence-corrected chi connectivity index (χ4v) is 6.89. The number of carbonyl (C=O) groups is 3. The van der Waals surface area contributed by atoms with Gasteiger partial charge < -0.3 is 24.4 Å². The summed E-state index contributed by atoms with van der Waals surface area (Å²) >= 11 is 6.11. The molecular formula is C30H39ClN2O6. The van der Waals surface area contributed by atoms with Crippen molar-refractivity contribution >= 4 is 35.1 Å². The number of hydrogen-bond acceptors (Lipinski definition) is 6. The van der Waals surface area contributed by atoms with Crippen LogP contribution in [0.5, 0.6) is 0 Å². The predicted molar refractivity (Wildman–Crippen MR) is 149 cm³/mol. The molecule has 3 aliphatic heterocycles. The first-order valence-corrected chi connectivity index (χ1v) is 14.0. The maximum absolute atomic E-state index is 14.6. The smallest absolute Gasteiger partial charge is 0.312 e. The average molecular weight is 559 g/mol. The van der Waals surface area contributed by atoms with Crippen molar-refractivity contribution in [3.8, 4) is 0 Å². The van der Waals surface area contributed by atoms with Crippen LogP contribution in [0.1, 0.15) is 46.5 Å². The number of anilines is 1. The lowest BCUT2D eigenvalue weighted by Gasteiger charge is -2.40. The molecule has 0 radical (unpaired) electrons. The summed E-state index contributed by atoms with van der Waals surface area (Å²) < 4.78 is 12.2. The minimum atomic E-state index is -1.22. The maximum Gasteiger partial charge on any atom is 0.312 e. The van der Waals surface area contributed by atoms with E-state index < -0.39 is 41.1 Å². The number of fused-ring (bicyclic) bond motifs is 1. The number of halogens is 1. The van der Waals surface area contributed by atoms with Crippen LogP contribution in [-0.4, -0.2) is 70.8 Å². The number of aliphatic hydroxyl groups is 1. The maximum atomic E-state index is 14.6. The van der Waals surface area contributed by atoms with Crippen molar-refractivity contribution in [1.82, 2.24) is 4.90 Å². The zero-order valence-electron chi connectivity index (χ0n) is 23.0. The van der Waals surface area contributed by atoms with Crippen molar-refractivity contribution < 1.29 is 29.0 Å². The van der Waals surface area contributed by atoms with E-state index in [-0.39, 0.29) is 37.5 Å². The predicted octanol–water partition coefficient (Wildman–Crippen LogP) is 4.15. The van der Waals surface area contributed by atoms with Crippen molar-refractivity contribution in [1.29, 1.82) is 0 Å². The number of aliphatic hydroxyl groups excluding tert-OH is 1. The van der Waals surface area contributed by atoms with Crippen LogP contribution in [0, 0.1) is 17.8 Å². The number of rotatable bonds is 12. The summed E-state index contributed by atoms with van der Waals surface area (Å²) in [5.74, 6) is -2.79. The Labute approximate surface area is 235 Å². The zero-order valence-corrected chi connectivity index (χ0v) is 23.7. The number of amides is 2. The van der Waals surface area contributed by atoms with Crippen molar-refractivity contribution in [2.75, 3.05) is 24.7 Å². The Balaban J connectivity index is 1.81. The molecule has 3 heterocycles. The molecule has 0 aliphatic carbocycles. The second-order valence-corrected chi connectivity index (χ2v) is 11.8. The number of benzene rings is 1. The van der Waals surface area contributed by atoms with Gasteiger partial charge in [0.1, 0.15) is 17.6 Å². The molecule has 1 N–H and O–H groups in total. The van der Waals surface area contributed by atoms with Gasteiger partial charge in [-0.2, -0.15) is 0 Å². The van der Waals surface area contributed by atoms with Crippen LogP contribution < -0.4 is 4.90 Å². The molecule has 3 saturated heterocycles. The van der Waals surface area contributed by atoms with Crippen LogP contribution in [0.15, 0.2) is 49.6 Å². The summed E-state index contributed by atoms with van der Waals surface area (Å²) in [5.41, 5.74) is -1.56. The monoisotopic (exact) mass is 558 g/mol. The van der Waals surface area contributed by atoms with Crippen molar-refractivity contribution in [2.45, 2.75) is 69.7 Å². The minimum Gasteiger partial charge on any atom is -0.465 e. The Bertz CT molecular complexity index is 1120. The molecule has 0 aromatic heterocycles. The Morgan fingerprint density at radius 3 is 2.54 bits per heavy atom. The van der Waals surface area contributed by atoms with Gasteiger partial charge in [-0.15, -0.1) is 13.2 Å². The van der Waals surface area contributed by atoms with E-state index in [0.29, 0.717) is 36.4 Å². The van der Waals surface area contributed by atoms with Gasteiger partial charge in [0.15, 0.2) is 0 Å². The molecule has 3 aliphatic rings. The molecule has 9 heteroatoms. The van der Waals surface area contributed by atoms with Gasteiger partial charge in [-0.1, -0.05) is 37.6 Å². The van der Waals surface area contributed by atoms with E-state index in [1.807, 2.05) is 20.8 Å². The summed E-state index contributed by atoms with van der Waals surface area (Å²) in [7, 11) is 0. The molecule has 2 amide bonds. The van der Waals surface area contributed by atoms with Gasteiger partial charge in [-0.3, -0.25) is 14.4 Å². The highest BCUT2D eigenvalue weighted by molar-refractivity contribution is 6.30. The third-order valence-electron chi connectivity index (χ3n) is 8.33. The van der Waals surface area contributed by atoms with Gasteiger partial charge in [-0.25, -0.2) is 0 Å². The second kappa shape index (κ2) is 11.4. The number of hydrogen-bond donors (Lipinski definition) is 1. The Morgan fingerprint density at radius 1 is 1.26 bits per heavy atom. The second-order valence-electron chi connectivity index (χ2n) is 11.4. The molecular weight excluding hydrogens is 520 g/mol. The van der Waals surface area contributed by atoms with Gasteiger partial charge in [-0.05, 0) is 62.8 Å². The van der Waals surface area contributed by atoms with E-state index in [4.69, 9.17) is 21.1 Å². The van der Waals surface area contributed by atoms with Crippen LogP contribution in [0.25, 0.3) is 0 Å². The molecule has 1 aromatic carbocycles. The minimum absolute atomic E-state index is 0.151. The molecule has 39 heavy (non-hydrogen) atoms. The Hall–Kier alpha value is -2.68. The SMILES string of the molecule is C=CCCOC(=O)[C@@H]1[C@H]2C(=O)N([C@@H](CO)CC(C)C)C(C(=O)N(CC=C)c3ccc(Cl)cc3)C23CC[C@@]1(C)O3. The summed E-state index contributed by atoms with van der Waals surface area (Å²) in [6, 6.07) is 5.23. The largest absolute Gasteiger partial charge is 0.465 e. The van der Waals surface area contributed by atoms with Crippen LogP contribution in [0.4, 0.5) is 5.69 Å². The highest BCUT2D eigenvalue weighted by Crippen LogP contribution is 2.64. The van der Waals surface area contributed by atoms with E-state index in [2.05, 4.69) is 13.2 Å². The summed E-state index contributed by atoms with van der Waals surface area (Å²) in [5, 5.41) is 11.0. The molecule has 2 unspecified atom stereocenters. The summed E-state index contributed by atoms with van der Waals surface area (Å²) in [6.45, 7) is 13.4. The number of ether oxygens (including phenoxy) is 2. The van der Waals surface area contributed by atoms with E-state index in [1.54, 1.807) is 41.3 Å². The average Bonchev–Trinajstić information content (AvgIpc) is 3.47. The van der Waals surface area contributed by atoms with Gasteiger partial charge in [0.2, 0.25) is 5.91 Å². The quantitative estimate of drug-likeness (QED) is 0.235. The highest BCUT2D eigenvalue weighted by Gasteiger charge is 2.79. The standard InChI is InChI=1S/C30H39ClN2O6/c1-6-8-16-38-28(37)24-23-26(35)33(22(18-34)17-19(3)4)25(30(23)14-13-29(24,5)39-30)27(36)32(15-7-2)21-11-9-20(31)10-12-21/h6-7,9-12,19,22-25,34H,1-2,8,13-18H2,3-5H3/t22-,23+,24+,25?,29-,30?/m1/s1. The van der Waals surface area contributed by atoms with Crippen molar-refractivity contribution in [3.63, 3.8) is 0 Å². The van der Waals surface area contributed by atoms with Gasteiger partial charge in [0.05, 0.1) is 30.8 Å². The van der Waals surface area contributed by atoms with Gasteiger partial charge >= 0.3 is 5.97 Å². The number of carbonyl (C=O) groups excluding carboxylic acids is 3. The van der Waals surface area contributed by atoms with Gasteiger partial charge in [0, 0.05) is 17.3 Å². The molecule has 212 valence electrons. The molecule has 1 aromatic rings. The van der Waals surface area contributed by atoms with Crippen molar-refractivity contribution in [3.05, 3.63) is 54.6 Å². The molecule has 0 saturated carbocycles. The molecule has 2 bridgehead atoms. The van der Waals surface area contributed by atoms with E-state index >= 15 is 0 Å². The lowest BCUT2D eigenvalue weighted by molar-refractivity contribution is -0.160. The summed E-state index contributed by atoms with van der Waals surface area (Å²) in [6.07, 6.45) is 5.20. The molecule has 6 atom stereocenters. The molecule has 8 nitrogen and oxygen atoms in total. The normalized spacial score (nSPS) is 29.8. The van der Waals surface area contributed by atoms with Gasteiger partial charge in [0.25, 0.3) is 5.91 Å². The highest BCUT2D eigenvalue weighted by atomic mass is 35.5. The Kier molecular flexibility index (Phi) is 8.59. The topological polar surface area (TPSA) is 96.4 Å². The van der Waals surface area contributed by atoms with Crippen LogP contribution in [0.3, 0.4) is 0 Å². The van der Waals surface area contributed by atoms with E-state index in [1.165, 1.54) is 4.90 Å². The lowest BCUT2D eigenvalue weighted by atomic mass is 9.66. The van der Waals surface area contributed by atoms with Crippen LogP contribution >= 0.6 is 11.6 Å². The van der Waals surface area contributed by atoms with E-state index in [0.717, 1.165) is 0 Å². The first-order valence-electron chi connectivity index (χ1n) is 13.6. The number of nitrogens with zero attached hydrogens (tertiary/aromatic N) is 2. The first-order chi connectivity index (χ1) is 18.5. The van der Waals surface area contributed by atoms with Crippen LogP contribution in [-0.2, 0) is 23.9 Å². The number of esters is 1. The van der Waals surface area contributed by atoms with Crippen LogP contribution in [0.2, 0.25) is 5.02 Å². The third kappa shape index (κ3) is 5.03. The Morgan fingerprint density at radius 2 is 1.95 bits per heavy atom. The summed E-state index contributed by atoms with van der Waals surface area (Å²) in [4.78, 5) is 45.4. The molecule has 1 spiro atoms. The van der Waals surface area contributed by atoms with Crippen molar-refractivity contribution in [2.24, 2.45) is 17.8 Å². The lowest BCUT2D eigenvalue weighted by Crippen LogP contribution is -2.59. The fourth-order valence-electron chi connectivity index (χ4n) is 6.77. The molecule has 4 rings (SSSR count). The third-order valence-corrected chi connectivity index (χ3v) is 8.58.